The Bertz CT molecular complexity index is 1280. The van der Waals surface area contributed by atoms with Gasteiger partial charge in [0.15, 0.2) is 5.16 Å². The highest BCUT2D eigenvalue weighted by atomic mass is 32.2. The second-order valence-electron chi connectivity index (χ2n) is 7.62. The number of hydrogen-bond acceptors (Lipinski definition) is 6. The average Bonchev–Trinajstić information content (AvgIpc) is 3.10. The number of para-hydroxylation sites is 1. The third-order valence-electron chi connectivity index (χ3n) is 4.98. The molecular formula is C22H27N5O4S2. The fourth-order valence-corrected chi connectivity index (χ4v) is 4.77. The van der Waals surface area contributed by atoms with Gasteiger partial charge in [-0.2, -0.15) is 0 Å². The second kappa shape index (κ2) is 10.4. The second-order valence-corrected chi connectivity index (χ2v) is 10.1. The molecule has 0 aliphatic heterocycles. The summed E-state index contributed by atoms with van der Waals surface area (Å²) < 4.78 is 25.2. The van der Waals surface area contributed by atoms with E-state index in [9.17, 15) is 18.0 Å². The number of amides is 2. The Morgan fingerprint density at radius 1 is 1.12 bits per heavy atom. The van der Waals surface area contributed by atoms with Crippen molar-refractivity contribution in [1.29, 1.82) is 0 Å². The van der Waals surface area contributed by atoms with Gasteiger partial charge in [0.05, 0.1) is 28.2 Å². The Morgan fingerprint density at radius 3 is 2.45 bits per heavy atom. The van der Waals surface area contributed by atoms with Crippen molar-refractivity contribution in [2.45, 2.75) is 43.8 Å². The first-order valence-corrected chi connectivity index (χ1v) is 12.9. The maximum absolute atomic E-state index is 12.3. The first-order valence-electron chi connectivity index (χ1n) is 10.4. The molecule has 0 aliphatic rings. The van der Waals surface area contributed by atoms with E-state index in [0.717, 1.165) is 28.8 Å². The summed E-state index contributed by atoms with van der Waals surface area (Å²) in [5.74, 6) is -0.553. The van der Waals surface area contributed by atoms with Crippen molar-refractivity contribution in [1.82, 2.24) is 14.9 Å². The van der Waals surface area contributed by atoms with Crippen LogP contribution in [0.15, 0.2) is 46.5 Å². The molecule has 2 aromatic carbocycles. The Kier molecular flexibility index (Phi) is 7.77. The number of carbonyl (C=O) groups excluding carboxylic acids is 2. The number of rotatable bonds is 9. The van der Waals surface area contributed by atoms with Crippen LogP contribution >= 0.6 is 11.8 Å². The Balaban J connectivity index is 1.63. The Morgan fingerprint density at radius 2 is 1.82 bits per heavy atom. The molecule has 0 bridgehead atoms. The molecule has 3 rings (SSSR count). The fourth-order valence-electron chi connectivity index (χ4n) is 3.37. The third kappa shape index (κ3) is 6.12. The van der Waals surface area contributed by atoms with Crippen LogP contribution in [0.3, 0.4) is 0 Å². The highest BCUT2D eigenvalue weighted by Gasteiger charge is 2.16. The van der Waals surface area contributed by atoms with E-state index >= 15 is 0 Å². The van der Waals surface area contributed by atoms with Gasteiger partial charge < -0.3 is 15.2 Å². The van der Waals surface area contributed by atoms with Crippen LogP contribution in [-0.2, 0) is 26.2 Å². The zero-order chi connectivity index (χ0) is 24.2. The minimum Gasteiger partial charge on any atom is -0.346 e. The van der Waals surface area contributed by atoms with Gasteiger partial charge in [-0.25, -0.2) is 18.5 Å². The molecule has 0 saturated heterocycles. The number of hydrogen-bond donors (Lipinski definition) is 3. The van der Waals surface area contributed by atoms with Crippen molar-refractivity contribution in [3.63, 3.8) is 0 Å². The number of nitrogens with two attached hydrogens (primary N) is 1. The molecule has 0 unspecified atom stereocenters. The first-order chi connectivity index (χ1) is 15.6. The zero-order valence-electron chi connectivity index (χ0n) is 18.7. The number of nitrogens with zero attached hydrogens (tertiary/aromatic N) is 2. The number of imidazole rings is 1. The number of carbonyl (C=O) groups is 2. The summed E-state index contributed by atoms with van der Waals surface area (Å²) in [6, 6.07) is 10.3. The molecule has 0 radical (unpaired) electrons. The number of benzene rings is 2. The lowest BCUT2D eigenvalue weighted by Gasteiger charge is -2.12. The van der Waals surface area contributed by atoms with E-state index in [0.29, 0.717) is 17.2 Å². The molecule has 1 heterocycles. The molecular weight excluding hydrogens is 462 g/mol. The number of aryl methyl sites for hydroxylation is 3. The van der Waals surface area contributed by atoms with Gasteiger partial charge in [0.25, 0.3) is 0 Å². The lowest BCUT2D eigenvalue weighted by Crippen LogP contribution is -2.34. The van der Waals surface area contributed by atoms with E-state index in [1.807, 2.05) is 43.5 Å². The third-order valence-corrected chi connectivity index (χ3v) is 6.87. The van der Waals surface area contributed by atoms with Gasteiger partial charge in [-0.15, -0.1) is 0 Å². The number of anilines is 1. The summed E-state index contributed by atoms with van der Waals surface area (Å²) >= 11 is 1.22. The van der Waals surface area contributed by atoms with E-state index in [4.69, 9.17) is 5.14 Å². The van der Waals surface area contributed by atoms with Crippen molar-refractivity contribution in [3.8, 4) is 0 Å². The summed E-state index contributed by atoms with van der Waals surface area (Å²) in [6.45, 7) is 6.35. The van der Waals surface area contributed by atoms with Crippen molar-refractivity contribution >= 4 is 50.3 Å². The quantitative estimate of drug-likeness (QED) is 0.395. The largest absolute Gasteiger partial charge is 0.346 e. The Hall–Kier alpha value is -2.89. The molecule has 11 heteroatoms. The van der Waals surface area contributed by atoms with E-state index in [2.05, 4.69) is 15.6 Å². The van der Waals surface area contributed by atoms with E-state index in [1.54, 1.807) is 6.07 Å². The average molecular weight is 490 g/mol. The molecule has 4 N–H and O–H groups in total. The highest BCUT2D eigenvalue weighted by Crippen LogP contribution is 2.26. The standard InChI is InChI=1S/C22H27N5O4S2/c1-4-10-27-18-9-8-16(33(23,30)31)11-17(18)25-22(27)32-13-20(29)24-12-19(28)26-21-14(2)6-5-7-15(21)3/h5-9,11H,4,10,12-13H2,1-3H3,(H,24,29)(H,26,28)(H2,23,30,31). The summed E-state index contributed by atoms with van der Waals surface area (Å²) in [6.07, 6.45) is 0.834. The molecule has 2 amide bonds. The molecule has 1 aromatic heterocycles. The highest BCUT2D eigenvalue weighted by molar-refractivity contribution is 7.99. The van der Waals surface area contributed by atoms with Crippen LogP contribution in [0.5, 0.6) is 0 Å². The van der Waals surface area contributed by atoms with Gasteiger partial charge in [0.2, 0.25) is 21.8 Å². The fraction of sp³-hybridized carbons (Fsp3) is 0.318. The van der Waals surface area contributed by atoms with Crippen molar-refractivity contribution in [2.24, 2.45) is 5.14 Å². The number of fused-ring (bicyclic) bond motifs is 1. The summed E-state index contributed by atoms with van der Waals surface area (Å²) in [5.41, 5.74) is 3.90. The normalized spacial score (nSPS) is 11.5. The molecule has 3 aromatic rings. The number of aromatic nitrogens is 2. The minimum absolute atomic E-state index is 0.0136. The van der Waals surface area contributed by atoms with Gasteiger partial charge in [-0.05, 0) is 49.6 Å². The SMILES string of the molecule is CCCn1c(SCC(=O)NCC(=O)Nc2c(C)cccc2C)nc2cc(S(N)(=O)=O)ccc21. The predicted molar refractivity (Wildman–Crippen MR) is 130 cm³/mol. The van der Waals surface area contributed by atoms with Crippen LogP contribution in [0.4, 0.5) is 5.69 Å². The van der Waals surface area contributed by atoms with Crippen molar-refractivity contribution in [3.05, 3.63) is 47.5 Å². The van der Waals surface area contributed by atoms with Crippen LogP contribution in [0.25, 0.3) is 11.0 Å². The topological polar surface area (TPSA) is 136 Å². The smallest absolute Gasteiger partial charge is 0.243 e. The van der Waals surface area contributed by atoms with Crippen LogP contribution < -0.4 is 15.8 Å². The van der Waals surface area contributed by atoms with Crippen LogP contribution in [0.2, 0.25) is 0 Å². The van der Waals surface area contributed by atoms with Crippen LogP contribution in [0.1, 0.15) is 24.5 Å². The molecule has 0 atom stereocenters. The predicted octanol–water partition coefficient (Wildman–Crippen LogP) is 2.56. The molecule has 0 saturated carbocycles. The lowest BCUT2D eigenvalue weighted by molar-refractivity contribution is -0.122. The van der Waals surface area contributed by atoms with Crippen molar-refractivity contribution < 1.29 is 18.0 Å². The van der Waals surface area contributed by atoms with Gasteiger partial charge >= 0.3 is 0 Å². The number of thioether (sulfide) groups is 1. The van der Waals surface area contributed by atoms with Crippen LogP contribution in [-0.4, -0.2) is 42.1 Å². The van der Waals surface area contributed by atoms with Gasteiger partial charge in [-0.3, -0.25) is 9.59 Å². The minimum atomic E-state index is -3.84. The van der Waals surface area contributed by atoms with E-state index < -0.39 is 10.0 Å². The lowest BCUT2D eigenvalue weighted by atomic mass is 10.1. The monoisotopic (exact) mass is 489 g/mol. The summed E-state index contributed by atoms with van der Waals surface area (Å²) in [5, 5.41) is 11.3. The Labute approximate surface area is 197 Å². The molecule has 0 aliphatic carbocycles. The maximum Gasteiger partial charge on any atom is 0.243 e. The zero-order valence-corrected chi connectivity index (χ0v) is 20.3. The first kappa shape index (κ1) is 24.7. The van der Waals surface area contributed by atoms with Crippen LogP contribution in [0, 0.1) is 13.8 Å². The molecule has 0 fully saturated rings. The van der Waals surface area contributed by atoms with Gasteiger partial charge in [-0.1, -0.05) is 36.9 Å². The summed E-state index contributed by atoms with van der Waals surface area (Å²) in [4.78, 5) is 29.1. The van der Waals surface area contributed by atoms with E-state index in [1.165, 1.54) is 23.9 Å². The molecule has 176 valence electrons. The summed E-state index contributed by atoms with van der Waals surface area (Å²) in [7, 11) is -3.84. The number of nitrogens with one attached hydrogen (secondary N) is 2. The number of sulfonamides is 1. The molecule has 9 nitrogen and oxygen atoms in total. The van der Waals surface area contributed by atoms with Crippen molar-refractivity contribution in [2.75, 3.05) is 17.6 Å². The van der Waals surface area contributed by atoms with Gasteiger partial charge in [0.1, 0.15) is 0 Å². The molecule has 0 spiro atoms. The van der Waals surface area contributed by atoms with E-state index in [-0.39, 0.29) is 29.0 Å². The molecule has 33 heavy (non-hydrogen) atoms. The van der Waals surface area contributed by atoms with Gasteiger partial charge in [0, 0.05) is 12.2 Å². The maximum atomic E-state index is 12.3. The number of primary sulfonamides is 1.